The maximum atomic E-state index is 5.93. The Morgan fingerprint density at radius 2 is 2.06 bits per heavy atom. The molecule has 0 spiro atoms. The van der Waals surface area contributed by atoms with E-state index in [4.69, 9.17) is 5.73 Å². The van der Waals surface area contributed by atoms with E-state index in [0.717, 1.165) is 18.8 Å². The first kappa shape index (κ1) is 12.6. The molecule has 90 valence electrons. The van der Waals surface area contributed by atoms with E-state index in [0.29, 0.717) is 0 Å². The van der Waals surface area contributed by atoms with Crippen LogP contribution in [0.15, 0.2) is 34.1 Å². The summed E-state index contributed by atoms with van der Waals surface area (Å²) in [7, 11) is 0. The van der Waals surface area contributed by atoms with Gasteiger partial charge in [0.2, 0.25) is 0 Å². The Balaban J connectivity index is 1.91. The highest BCUT2D eigenvalue weighted by atomic mass is 79.9. The second kappa shape index (κ2) is 5.67. The lowest BCUT2D eigenvalue weighted by Gasteiger charge is -2.07. The zero-order chi connectivity index (χ0) is 12.3. The Bertz CT molecular complexity index is 508. The Labute approximate surface area is 114 Å². The Kier molecular flexibility index (Phi) is 4.20. The summed E-state index contributed by atoms with van der Waals surface area (Å²) in [5, 5.41) is 3.41. The number of nitrogen functional groups attached to an aromatic ring is 1. The number of hydrogen-bond donors (Lipinski definition) is 2. The van der Waals surface area contributed by atoms with Crippen LogP contribution in [0.4, 0.5) is 5.69 Å². The summed E-state index contributed by atoms with van der Waals surface area (Å²) in [6, 6.07) is 10.3. The van der Waals surface area contributed by atoms with Crippen LogP contribution < -0.4 is 11.1 Å². The predicted molar refractivity (Wildman–Crippen MR) is 78.2 cm³/mol. The van der Waals surface area contributed by atoms with Crippen molar-refractivity contribution in [3.8, 4) is 0 Å². The number of rotatable bonds is 4. The van der Waals surface area contributed by atoms with Crippen LogP contribution in [0.5, 0.6) is 0 Å². The molecule has 17 heavy (non-hydrogen) atoms. The lowest BCUT2D eigenvalue weighted by Crippen LogP contribution is -2.13. The molecule has 0 aliphatic rings. The van der Waals surface area contributed by atoms with Crippen molar-refractivity contribution in [3.63, 3.8) is 0 Å². The Morgan fingerprint density at radius 3 is 2.76 bits per heavy atom. The standard InChI is InChI=1S/C13H15BrN2S/c1-9-2-4-12(15)10(6-9)7-16-8-11-3-5-13(14)17-11/h2-6,16H,7-8,15H2,1H3. The zero-order valence-corrected chi connectivity index (χ0v) is 12.1. The molecule has 0 radical (unpaired) electrons. The summed E-state index contributed by atoms with van der Waals surface area (Å²) in [5.74, 6) is 0. The average Bonchev–Trinajstić information content (AvgIpc) is 2.69. The molecule has 0 aliphatic carbocycles. The summed E-state index contributed by atoms with van der Waals surface area (Å²) in [5.41, 5.74) is 9.20. The van der Waals surface area contributed by atoms with Gasteiger partial charge in [-0.25, -0.2) is 0 Å². The third-order valence-electron chi connectivity index (χ3n) is 2.54. The van der Waals surface area contributed by atoms with E-state index in [1.54, 1.807) is 11.3 Å². The van der Waals surface area contributed by atoms with Crippen molar-refractivity contribution in [2.75, 3.05) is 5.73 Å². The lowest BCUT2D eigenvalue weighted by molar-refractivity contribution is 0.702. The normalized spacial score (nSPS) is 10.7. The zero-order valence-electron chi connectivity index (χ0n) is 9.66. The fraction of sp³-hybridized carbons (Fsp3) is 0.231. The molecule has 3 N–H and O–H groups in total. The largest absolute Gasteiger partial charge is 0.398 e. The monoisotopic (exact) mass is 310 g/mol. The van der Waals surface area contributed by atoms with Crippen LogP contribution in [-0.4, -0.2) is 0 Å². The molecule has 0 saturated heterocycles. The number of thiophene rings is 1. The number of nitrogens with two attached hydrogens (primary N) is 1. The van der Waals surface area contributed by atoms with Crippen LogP contribution in [-0.2, 0) is 13.1 Å². The van der Waals surface area contributed by atoms with E-state index in [-0.39, 0.29) is 0 Å². The van der Waals surface area contributed by atoms with Crippen molar-refractivity contribution in [2.45, 2.75) is 20.0 Å². The molecule has 2 rings (SSSR count). The second-order valence-corrected chi connectivity index (χ2v) is 6.56. The fourth-order valence-electron chi connectivity index (χ4n) is 1.65. The fourth-order valence-corrected chi connectivity index (χ4v) is 3.11. The molecule has 1 aromatic heterocycles. The Hall–Kier alpha value is -0.840. The summed E-state index contributed by atoms with van der Waals surface area (Å²) in [4.78, 5) is 1.32. The number of benzene rings is 1. The van der Waals surface area contributed by atoms with Crippen molar-refractivity contribution < 1.29 is 0 Å². The minimum Gasteiger partial charge on any atom is -0.398 e. The van der Waals surface area contributed by atoms with Gasteiger partial charge >= 0.3 is 0 Å². The first-order chi connectivity index (χ1) is 8.15. The summed E-state index contributed by atoms with van der Waals surface area (Å²) in [6.07, 6.45) is 0. The number of halogens is 1. The van der Waals surface area contributed by atoms with Crippen molar-refractivity contribution in [3.05, 3.63) is 50.1 Å². The van der Waals surface area contributed by atoms with Crippen molar-refractivity contribution >= 4 is 33.0 Å². The molecule has 0 unspecified atom stereocenters. The molecule has 0 aliphatic heterocycles. The van der Waals surface area contributed by atoms with Crippen LogP contribution in [0.25, 0.3) is 0 Å². The van der Waals surface area contributed by atoms with Gasteiger partial charge in [0.05, 0.1) is 3.79 Å². The van der Waals surface area contributed by atoms with Gasteiger partial charge in [-0.2, -0.15) is 0 Å². The molecule has 4 heteroatoms. The van der Waals surface area contributed by atoms with E-state index in [1.165, 1.54) is 19.8 Å². The van der Waals surface area contributed by atoms with Gasteiger partial charge in [-0.15, -0.1) is 11.3 Å². The smallest absolute Gasteiger partial charge is 0.0701 e. The van der Waals surface area contributed by atoms with E-state index < -0.39 is 0 Å². The highest BCUT2D eigenvalue weighted by molar-refractivity contribution is 9.11. The number of aryl methyl sites for hydroxylation is 1. The summed E-state index contributed by atoms with van der Waals surface area (Å²) < 4.78 is 1.17. The van der Waals surface area contributed by atoms with Crippen LogP contribution in [0.3, 0.4) is 0 Å². The van der Waals surface area contributed by atoms with Gasteiger partial charge in [0, 0.05) is 23.7 Å². The maximum Gasteiger partial charge on any atom is 0.0701 e. The molecule has 2 nitrogen and oxygen atoms in total. The van der Waals surface area contributed by atoms with Gasteiger partial charge in [-0.1, -0.05) is 17.7 Å². The molecule has 0 bridgehead atoms. The second-order valence-electron chi connectivity index (χ2n) is 4.01. The number of anilines is 1. The van der Waals surface area contributed by atoms with Crippen molar-refractivity contribution in [2.24, 2.45) is 0 Å². The van der Waals surface area contributed by atoms with Crippen LogP contribution in [0.2, 0.25) is 0 Å². The number of hydrogen-bond acceptors (Lipinski definition) is 3. The summed E-state index contributed by atoms with van der Waals surface area (Å²) >= 11 is 5.21. The highest BCUT2D eigenvalue weighted by Crippen LogP contribution is 2.22. The number of nitrogens with one attached hydrogen (secondary N) is 1. The van der Waals surface area contributed by atoms with Gasteiger partial charge < -0.3 is 11.1 Å². The van der Waals surface area contributed by atoms with Gasteiger partial charge in [0.1, 0.15) is 0 Å². The van der Waals surface area contributed by atoms with E-state index >= 15 is 0 Å². The molecule has 1 heterocycles. The molecule has 0 amide bonds. The van der Waals surface area contributed by atoms with Gasteiger partial charge in [-0.05, 0) is 46.6 Å². The molecule has 1 aromatic carbocycles. The first-order valence-corrected chi connectivity index (χ1v) is 7.06. The Morgan fingerprint density at radius 1 is 1.24 bits per heavy atom. The molecule has 0 fully saturated rings. The van der Waals surface area contributed by atoms with Gasteiger partial charge in [-0.3, -0.25) is 0 Å². The van der Waals surface area contributed by atoms with E-state index in [9.17, 15) is 0 Å². The lowest BCUT2D eigenvalue weighted by atomic mass is 10.1. The van der Waals surface area contributed by atoms with E-state index in [2.05, 4.69) is 46.4 Å². The van der Waals surface area contributed by atoms with Crippen LogP contribution >= 0.6 is 27.3 Å². The first-order valence-electron chi connectivity index (χ1n) is 5.45. The maximum absolute atomic E-state index is 5.93. The molecule has 2 aromatic rings. The van der Waals surface area contributed by atoms with Gasteiger partial charge in [0.25, 0.3) is 0 Å². The average molecular weight is 311 g/mol. The van der Waals surface area contributed by atoms with E-state index in [1.807, 2.05) is 12.1 Å². The minimum absolute atomic E-state index is 0.809. The minimum atomic E-state index is 0.809. The van der Waals surface area contributed by atoms with Crippen molar-refractivity contribution in [1.29, 1.82) is 0 Å². The topological polar surface area (TPSA) is 38.0 Å². The predicted octanol–water partition coefficient (Wildman–Crippen LogP) is 3.69. The SMILES string of the molecule is Cc1ccc(N)c(CNCc2ccc(Br)s2)c1. The molecular weight excluding hydrogens is 296 g/mol. The van der Waals surface area contributed by atoms with Crippen molar-refractivity contribution in [1.82, 2.24) is 5.32 Å². The third kappa shape index (κ3) is 3.56. The van der Waals surface area contributed by atoms with Gasteiger partial charge in [0.15, 0.2) is 0 Å². The molecular formula is C13H15BrN2S. The quantitative estimate of drug-likeness (QED) is 0.845. The van der Waals surface area contributed by atoms with Crippen LogP contribution in [0.1, 0.15) is 16.0 Å². The summed E-state index contributed by atoms with van der Waals surface area (Å²) in [6.45, 7) is 3.77. The van der Waals surface area contributed by atoms with Crippen LogP contribution in [0, 0.1) is 6.92 Å². The third-order valence-corrected chi connectivity index (χ3v) is 4.17. The molecule has 0 atom stereocenters. The molecule has 0 saturated carbocycles. The highest BCUT2D eigenvalue weighted by Gasteiger charge is 2.01.